The van der Waals surface area contributed by atoms with Crippen LogP contribution >= 0.6 is 0 Å². The number of nitrogens with one attached hydrogen (secondary N) is 1. The molecule has 1 aliphatic carbocycles. The number of rotatable bonds is 4. The lowest BCUT2D eigenvalue weighted by Crippen LogP contribution is -2.30. The van der Waals surface area contributed by atoms with Gasteiger partial charge in [-0.2, -0.15) is 0 Å². The summed E-state index contributed by atoms with van der Waals surface area (Å²) in [7, 11) is 2.05. The number of hydrogen-bond acceptors (Lipinski definition) is 6. The number of benzene rings is 1. The van der Waals surface area contributed by atoms with Gasteiger partial charge in [-0.05, 0) is 57.2 Å². The summed E-state index contributed by atoms with van der Waals surface area (Å²) < 4.78 is 14.6. The number of carbonyl (C=O) groups is 2. The molecule has 2 aliphatic rings. The molecule has 1 unspecified atom stereocenters. The summed E-state index contributed by atoms with van der Waals surface area (Å²) in [6, 6.07) is 5.82. The van der Waals surface area contributed by atoms with Crippen LogP contribution in [0, 0.1) is 12.8 Å². The van der Waals surface area contributed by atoms with Gasteiger partial charge in [-0.25, -0.2) is 4.79 Å². The molecule has 2 heterocycles. The van der Waals surface area contributed by atoms with E-state index in [-0.39, 0.29) is 12.1 Å². The SMILES string of the molecule is CC(=O)C1CC1.CF.CONc1cc(N2C(=O)OCC2C)cc2cc(C)ncc12. The molecule has 1 atom stereocenters. The van der Waals surface area contributed by atoms with Crippen LogP contribution < -0.4 is 10.4 Å². The van der Waals surface area contributed by atoms with Crippen LogP contribution in [0.4, 0.5) is 20.6 Å². The van der Waals surface area contributed by atoms with E-state index in [1.54, 1.807) is 25.1 Å². The van der Waals surface area contributed by atoms with Crippen LogP contribution in [0.2, 0.25) is 0 Å². The van der Waals surface area contributed by atoms with Gasteiger partial charge in [0.1, 0.15) is 12.4 Å². The summed E-state index contributed by atoms with van der Waals surface area (Å²) in [5, 5.41) is 1.93. The van der Waals surface area contributed by atoms with Crippen molar-refractivity contribution in [1.29, 1.82) is 0 Å². The minimum Gasteiger partial charge on any atom is -0.447 e. The molecule has 1 saturated carbocycles. The van der Waals surface area contributed by atoms with Crippen molar-refractivity contribution in [2.75, 3.05) is 31.3 Å². The van der Waals surface area contributed by atoms with E-state index >= 15 is 0 Å². The standard InChI is InChI=1S/C15H17N3O3.C5H8O.CH3F/c1-9-4-11-5-12(18-10(2)8-21-15(18)19)6-14(17-20-3)13(11)7-16-9;1-4(6)5-2-3-5;1-2/h4-7,10,17H,8H2,1-3H3;5H,2-3H2,1H3;1H3. The largest absolute Gasteiger partial charge is 0.447 e. The van der Waals surface area contributed by atoms with Crippen LogP contribution in [0.3, 0.4) is 0 Å². The first-order valence-corrected chi connectivity index (χ1v) is 9.44. The van der Waals surface area contributed by atoms with Crippen LogP contribution in [-0.2, 0) is 14.4 Å². The number of pyridine rings is 1. The van der Waals surface area contributed by atoms with E-state index in [2.05, 4.69) is 10.5 Å². The minimum absolute atomic E-state index is 0.00767. The van der Waals surface area contributed by atoms with Gasteiger partial charge in [0.25, 0.3) is 0 Å². The van der Waals surface area contributed by atoms with E-state index in [0.717, 1.165) is 40.7 Å². The first-order valence-electron chi connectivity index (χ1n) is 9.44. The Morgan fingerprint density at radius 2 is 2.00 bits per heavy atom. The van der Waals surface area contributed by atoms with E-state index < -0.39 is 0 Å². The summed E-state index contributed by atoms with van der Waals surface area (Å²) in [5.74, 6) is 0.833. The zero-order valence-electron chi connectivity index (χ0n) is 17.5. The molecule has 8 heteroatoms. The van der Waals surface area contributed by atoms with Crippen molar-refractivity contribution in [3.8, 4) is 0 Å². The number of alkyl halides is 1. The predicted molar refractivity (Wildman–Crippen MR) is 111 cm³/mol. The molecule has 1 saturated heterocycles. The number of carbonyl (C=O) groups excluding carboxylic acids is 2. The number of anilines is 2. The van der Waals surface area contributed by atoms with Crippen LogP contribution in [0.15, 0.2) is 24.4 Å². The molecule has 0 bridgehead atoms. The Labute approximate surface area is 170 Å². The molecule has 7 nitrogen and oxygen atoms in total. The second kappa shape index (κ2) is 10.2. The number of amides is 1. The lowest BCUT2D eigenvalue weighted by atomic mass is 10.1. The van der Waals surface area contributed by atoms with Gasteiger partial charge in [0.05, 0.1) is 31.7 Å². The van der Waals surface area contributed by atoms with E-state index in [1.165, 1.54) is 0 Å². The number of ether oxygens (including phenoxy) is 1. The molecule has 2 fully saturated rings. The number of fused-ring (bicyclic) bond motifs is 1. The Morgan fingerprint density at radius 3 is 2.48 bits per heavy atom. The van der Waals surface area contributed by atoms with Gasteiger partial charge in [0.2, 0.25) is 0 Å². The predicted octanol–water partition coefficient (Wildman–Crippen LogP) is 4.43. The number of aromatic nitrogens is 1. The Hall–Kier alpha value is -2.74. The number of ketones is 1. The average Bonchev–Trinajstić information content (AvgIpc) is 3.49. The maximum absolute atomic E-state index is 11.9. The molecule has 158 valence electrons. The van der Waals surface area contributed by atoms with E-state index in [9.17, 15) is 14.0 Å². The van der Waals surface area contributed by atoms with Crippen molar-refractivity contribution in [3.05, 3.63) is 30.1 Å². The third-order valence-electron chi connectivity index (χ3n) is 4.69. The smallest absolute Gasteiger partial charge is 0.414 e. The van der Waals surface area contributed by atoms with Crippen LogP contribution in [0.25, 0.3) is 10.8 Å². The molecule has 1 amide bonds. The lowest BCUT2D eigenvalue weighted by Gasteiger charge is -2.20. The van der Waals surface area contributed by atoms with Gasteiger partial charge >= 0.3 is 6.09 Å². The third-order valence-corrected chi connectivity index (χ3v) is 4.69. The molecule has 4 rings (SSSR count). The highest BCUT2D eigenvalue weighted by molar-refractivity contribution is 6.00. The fourth-order valence-corrected chi connectivity index (χ4v) is 3.05. The Kier molecular flexibility index (Phi) is 7.90. The Balaban J connectivity index is 0.000000317. The van der Waals surface area contributed by atoms with Gasteiger partial charge in [-0.3, -0.25) is 29.4 Å². The van der Waals surface area contributed by atoms with Crippen molar-refractivity contribution in [1.82, 2.24) is 4.98 Å². The molecule has 2 aromatic rings. The fraction of sp³-hybridized carbons (Fsp3) is 0.476. The van der Waals surface area contributed by atoms with E-state index in [1.807, 2.05) is 32.0 Å². The van der Waals surface area contributed by atoms with Crippen LogP contribution in [0.1, 0.15) is 32.4 Å². The van der Waals surface area contributed by atoms with Gasteiger partial charge in [-0.15, -0.1) is 0 Å². The van der Waals surface area contributed by atoms with Crippen molar-refractivity contribution in [3.63, 3.8) is 0 Å². The number of hydrogen-bond donors (Lipinski definition) is 1. The number of halogens is 1. The molecular weight excluding hydrogens is 377 g/mol. The van der Waals surface area contributed by atoms with Crippen LogP contribution in [-0.4, -0.2) is 43.8 Å². The van der Waals surface area contributed by atoms with Gasteiger partial charge in [0, 0.05) is 23.2 Å². The molecule has 0 radical (unpaired) electrons. The molecule has 1 aromatic carbocycles. The Morgan fingerprint density at radius 1 is 1.31 bits per heavy atom. The number of Topliss-reactive ketones (excluding diaryl/α,β-unsaturated/α-hetero) is 1. The highest BCUT2D eigenvalue weighted by atomic mass is 19.1. The molecule has 1 aromatic heterocycles. The van der Waals surface area contributed by atoms with Crippen molar-refractivity contribution in [2.45, 2.75) is 39.7 Å². The normalized spacial score (nSPS) is 17.7. The molecule has 1 aliphatic heterocycles. The zero-order valence-corrected chi connectivity index (χ0v) is 17.5. The topological polar surface area (TPSA) is 80.8 Å². The number of nitrogens with zero attached hydrogens (tertiary/aromatic N) is 2. The monoisotopic (exact) mass is 405 g/mol. The zero-order chi connectivity index (χ0) is 21.6. The second-order valence-electron chi connectivity index (χ2n) is 7.03. The quantitative estimate of drug-likeness (QED) is 0.758. The fourth-order valence-electron chi connectivity index (χ4n) is 3.05. The summed E-state index contributed by atoms with van der Waals surface area (Å²) in [6.45, 7) is 5.95. The van der Waals surface area contributed by atoms with Crippen molar-refractivity contribution < 1.29 is 23.6 Å². The van der Waals surface area contributed by atoms with Crippen molar-refractivity contribution >= 4 is 34.0 Å². The average molecular weight is 405 g/mol. The summed E-state index contributed by atoms with van der Waals surface area (Å²) in [6.07, 6.45) is 3.77. The number of cyclic esters (lactones) is 1. The third kappa shape index (κ3) is 5.63. The minimum atomic E-state index is -0.323. The van der Waals surface area contributed by atoms with Crippen LogP contribution in [0.5, 0.6) is 0 Å². The number of aryl methyl sites for hydroxylation is 1. The first-order chi connectivity index (χ1) is 13.9. The second-order valence-corrected chi connectivity index (χ2v) is 7.03. The summed E-state index contributed by atoms with van der Waals surface area (Å²) in [4.78, 5) is 33.1. The Bertz CT molecular complexity index is 870. The molecule has 0 spiro atoms. The van der Waals surface area contributed by atoms with Gasteiger partial charge in [-0.1, -0.05) is 0 Å². The van der Waals surface area contributed by atoms with E-state index in [4.69, 9.17) is 9.57 Å². The molecule has 1 N–H and O–H groups in total. The summed E-state index contributed by atoms with van der Waals surface area (Å²) >= 11 is 0. The van der Waals surface area contributed by atoms with Gasteiger partial charge in [0.15, 0.2) is 0 Å². The molecular formula is C21H28FN3O4. The van der Waals surface area contributed by atoms with Gasteiger partial charge < -0.3 is 4.74 Å². The summed E-state index contributed by atoms with van der Waals surface area (Å²) in [5.41, 5.74) is 5.31. The highest BCUT2D eigenvalue weighted by Gasteiger charge is 2.31. The first kappa shape index (κ1) is 22.5. The van der Waals surface area contributed by atoms with E-state index in [0.29, 0.717) is 25.5 Å². The van der Waals surface area contributed by atoms with Crippen molar-refractivity contribution in [2.24, 2.45) is 5.92 Å². The molecule has 29 heavy (non-hydrogen) atoms. The maximum Gasteiger partial charge on any atom is 0.414 e. The lowest BCUT2D eigenvalue weighted by molar-refractivity contribution is -0.118. The highest BCUT2D eigenvalue weighted by Crippen LogP contribution is 2.33. The maximum atomic E-state index is 11.9.